The van der Waals surface area contributed by atoms with Gasteiger partial charge < -0.3 is 10.1 Å². The van der Waals surface area contributed by atoms with Gasteiger partial charge in [0.1, 0.15) is 11.6 Å². The summed E-state index contributed by atoms with van der Waals surface area (Å²) in [5, 5.41) is 13.5. The highest BCUT2D eigenvalue weighted by atomic mass is 19.1. The van der Waals surface area contributed by atoms with Crippen LogP contribution in [0.1, 0.15) is 17.9 Å². The molecule has 0 radical (unpaired) electrons. The first-order valence-electron chi connectivity index (χ1n) is 7.45. The summed E-state index contributed by atoms with van der Waals surface area (Å²) >= 11 is 0. The molecule has 1 amide bonds. The number of non-ortho nitro benzene ring substituents is 1. The van der Waals surface area contributed by atoms with Crippen LogP contribution in [0, 0.1) is 15.9 Å². The molecule has 7 heteroatoms. The molecule has 0 saturated heterocycles. The van der Waals surface area contributed by atoms with Crippen molar-refractivity contribution in [2.24, 2.45) is 0 Å². The molecule has 1 aliphatic rings. The smallest absolute Gasteiger partial charge is 0.273 e. The second-order valence-electron chi connectivity index (χ2n) is 5.61. The number of benzene rings is 2. The van der Waals surface area contributed by atoms with Gasteiger partial charge in [0, 0.05) is 18.0 Å². The average molecular weight is 330 g/mol. The molecule has 1 fully saturated rings. The van der Waals surface area contributed by atoms with Crippen molar-refractivity contribution in [3.8, 4) is 5.75 Å². The van der Waals surface area contributed by atoms with E-state index in [1.165, 1.54) is 30.3 Å². The lowest BCUT2D eigenvalue weighted by atomic mass is 10.1. The van der Waals surface area contributed by atoms with Gasteiger partial charge in [0.25, 0.3) is 11.6 Å². The summed E-state index contributed by atoms with van der Waals surface area (Å²) in [6.07, 6.45) is 0.756. The second kappa shape index (κ2) is 6.66. The first kappa shape index (κ1) is 15.9. The van der Waals surface area contributed by atoms with Crippen LogP contribution in [-0.4, -0.2) is 23.5 Å². The van der Waals surface area contributed by atoms with Gasteiger partial charge in [-0.05, 0) is 30.2 Å². The van der Waals surface area contributed by atoms with Crippen LogP contribution < -0.4 is 10.1 Å². The zero-order valence-corrected chi connectivity index (χ0v) is 12.6. The highest BCUT2D eigenvalue weighted by Gasteiger charge is 2.39. The molecule has 1 saturated carbocycles. The van der Waals surface area contributed by atoms with Gasteiger partial charge in [-0.25, -0.2) is 4.39 Å². The summed E-state index contributed by atoms with van der Waals surface area (Å²) in [5.41, 5.74) is 0.765. The van der Waals surface area contributed by atoms with E-state index in [4.69, 9.17) is 4.74 Å². The first-order valence-corrected chi connectivity index (χ1v) is 7.45. The van der Waals surface area contributed by atoms with Crippen molar-refractivity contribution in [2.45, 2.75) is 18.4 Å². The van der Waals surface area contributed by atoms with Crippen molar-refractivity contribution >= 4 is 11.6 Å². The molecular weight excluding hydrogens is 315 g/mol. The molecule has 1 aliphatic carbocycles. The number of hydrogen-bond donors (Lipinski definition) is 1. The Morgan fingerprint density at radius 2 is 2.08 bits per heavy atom. The Morgan fingerprint density at radius 3 is 2.83 bits per heavy atom. The molecule has 0 heterocycles. The topological polar surface area (TPSA) is 81.5 Å². The fourth-order valence-corrected chi connectivity index (χ4v) is 2.54. The van der Waals surface area contributed by atoms with E-state index in [9.17, 15) is 19.3 Å². The van der Waals surface area contributed by atoms with E-state index in [1.807, 2.05) is 6.07 Å². The minimum absolute atomic E-state index is 0.0343. The number of nitrogens with one attached hydrogen (secondary N) is 1. The second-order valence-corrected chi connectivity index (χ2v) is 5.61. The van der Waals surface area contributed by atoms with Gasteiger partial charge in [0.2, 0.25) is 0 Å². The minimum Gasteiger partial charge on any atom is -0.484 e. The van der Waals surface area contributed by atoms with Crippen molar-refractivity contribution in [3.63, 3.8) is 0 Å². The highest BCUT2D eigenvalue weighted by Crippen LogP contribution is 2.40. The molecule has 2 aromatic carbocycles. The molecule has 6 nitrogen and oxygen atoms in total. The summed E-state index contributed by atoms with van der Waals surface area (Å²) in [6.45, 7) is -0.229. The van der Waals surface area contributed by atoms with Gasteiger partial charge in [-0.2, -0.15) is 0 Å². The molecule has 0 bridgehead atoms. The Labute approximate surface area is 137 Å². The Kier molecular flexibility index (Phi) is 4.41. The number of rotatable bonds is 6. The third kappa shape index (κ3) is 3.87. The van der Waals surface area contributed by atoms with E-state index >= 15 is 0 Å². The van der Waals surface area contributed by atoms with E-state index in [0.29, 0.717) is 0 Å². The Bertz CT molecular complexity index is 781. The van der Waals surface area contributed by atoms with Crippen LogP contribution in [0.5, 0.6) is 5.75 Å². The van der Waals surface area contributed by atoms with E-state index in [1.54, 1.807) is 12.1 Å². The van der Waals surface area contributed by atoms with Gasteiger partial charge in [-0.1, -0.05) is 18.2 Å². The maximum Gasteiger partial charge on any atom is 0.273 e. The van der Waals surface area contributed by atoms with E-state index in [-0.39, 0.29) is 41.7 Å². The fourth-order valence-electron chi connectivity index (χ4n) is 2.54. The quantitative estimate of drug-likeness (QED) is 0.652. The van der Waals surface area contributed by atoms with Crippen molar-refractivity contribution in [2.75, 3.05) is 6.61 Å². The predicted octanol–water partition coefficient (Wildman–Crippen LogP) is 2.79. The Morgan fingerprint density at radius 1 is 1.29 bits per heavy atom. The van der Waals surface area contributed by atoms with Gasteiger partial charge in [0.05, 0.1) is 11.0 Å². The van der Waals surface area contributed by atoms with Crippen LogP contribution in [0.2, 0.25) is 0 Å². The number of amides is 1. The van der Waals surface area contributed by atoms with Crippen LogP contribution in [0.3, 0.4) is 0 Å². The predicted molar refractivity (Wildman–Crippen MR) is 84.3 cm³/mol. The van der Waals surface area contributed by atoms with Gasteiger partial charge in [0.15, 0.2) is 6.61 Å². The number of halogens is 1. The summed E-state index contributed by atoms with van der Waals surface area (Å²) in [7, 11) is 0. The number of nitro benzene ring substituents is 1. The highest BCUT2D eigenvalue weighted by molar-refractivity contribution is 5.78. The minimum atomic E-state index is -0.527. The molecule has 2 aromatic rings. The molecule has 0 unspecified atom stereocenters. The summed E-state index contributed by atoms with van der Waals surface area (Å²) in [4.78, 5) is 22.0. The Hall–Kier alpha value is -2.96. The fraction of sp³-hybridized carbons (Fsp3) is 0.235. The number of ether oxygens (including phenoxy) is 1. The molecule has 2 atom stereocenters. The molecule has 0 aliphatic heterocycles. The lowest BCUT2D eigenvalue weighted by Gasteiger charge is -2.07. The third-order valence-corrected chi connectivity index (χ3v) is 3.81. The maximum atomic E-state index is 13.2. The molecule has 0 spiro atoms. The number of hydrogen-bond acceptors (Lipinski definition) is 4. The first-order chi connectivity index (χ1) is 11.5. The van der Waals surface area contributed by atoms with Gasteiger partial charge >= 0.3 is 0 Å². The van der Waals surface area contributed by atoms with Crippen molar-refractivity contribution < 1.29 is 18.8 Å². The van der Waals surface area contributed by atoms with Crippen LogP contribution >= 0.6 is 0 Å². The number of carbonyl (C=O) groups excluding carboxylic acids is 1. The third-order valence-electron chi connectivity index (χ3n) is 3.81. The SMILES string of the molecule is O=C(COc1cccc([N+](=O)[O-])c1)N[C@@H]1C[C@@H]1c1cccc(F)c1. The molecule has 24 heavy (non-hydrogen) atoms. The molecule has 3 rings (SSSR count). The van der Waals surface area contributed by atoms with Crippen LogP contribution in [-0.2, 0) is 4.79 Å². The van der Waals surface area contributed by atoms with Crippen LogP contribution in [0.15, 0.2) is 48.5 Å². The van der Waals surface area contributed by atoms with Gasteiger partial charge in [-0.15, -0.1) is 0 Å². The van der Waals surface area contributed by atoms with Crippen molar-refractivity contribution in [1.82, 2.24) is 5.32 Å². The molecule has 1 N–H and O–H groups in total. The van der Waals surface area contributed by atoms with Crippen molar-refractivity contribution in [3.05, 3.63) is 70.0 Å². The summed E-state index contributed by atoms with van der Waals surface area (Å²) < 4.78 is 18.5. The summed E-state index contributed by atoms with van der Waals surface area (Å²) in [5.74, 6) is -0.233. The normalized spacial score (nSPS) is 18.7. The number of nitro groups is 1. The van der Waals surface area contributed by atoms with E-state index in [2.05, 4.69) is 5.32 Å². The molecule has 124 valence electrons. The lowest BCUT2D eigenvalue weighted by molar-refractivity contribution is -0.384. The van der Waals surface area contributed by atoms with Crippen LogP contribution in [0.4, 0.5) is 10.1 Å². The van der Waals surface area contributed by atoms with E-state index in [0.717, 1.165) is 12.0 Å². The van der Waals surface area contributed by atoms with Crippen LogP contribution in [0.25, 0.3) is 0 Å². The van der Waals surface area contributed by atoms with E-state index < -0.39 is 4.92 Å². The summed E-state index contributed by atoms with van der Waals surface area (Å²) in [6, 6.07) is 11.9. The zero-order valence-electron chi connectivity index (χ0n) is 12.6. The molecule has 0 aromatic heterocycles. The zero-order chi connectivity index (χ0) is 17.1. The standard InChI is InChI=1S/C17H15FN2O4/c18-12-4-1-3-11(7-12)15-9-16(15)19-17(21)10-24-14-6-2-5-13(8-14)20(22)23/h1-8,15-16H,9-10H2,(H,19,21)/t15-,16-/m1/s1. The monoisotopic (exact) mass is 330 g/mol. The van der Waals surface area contributed by atoms with Crippen molar-refractivity contribution in [1.29, 1.82) is 0 Å². The number of nitrogens with zero attached hydrogens (tertiary/aromatic N) is 1. The largest absolute Gasteiger partial charge is 0.484 e. The molecular formula is C17H15FN2O4. The van der Waals surface area contributed by atoms with Gasteiger partial charge in [-0.3, -0.25) is 14.9 Å². The lowest BCUT2D eigenvalue weighted by Crippen LogP contribution is -2.31. The number of carbonyl (C=O) groups is 1. The maximum absolute atomic E-state index is 13.2. The Balaban J connectivity index is 1.49. The average Bonchev–Trinajstić information content (AvgIpc) is 3.32.